The van der Waals surface area contributed by atoms with Crippen molar-refractivity contribution in [2.45, 2.75) is 31.8 Å². The maximum atomic E-state index is 11.6. The molecule has 1 rings (SSSR count). The van der Waals surface area contributed by atoms with Gasteiger partial charge in [-0.2, -0.15) is 0 Å². The predicted molar refractivity (Wildman–Crippen MR) is 57.7 cm³/mol. The third-order valence-electron chi connectivity index (χ3n) is 2.32. The standard InChI is InChI=1S/C12H16O3/c1-3-6-12(2,14)7-4-11(13)10-5-8-15-9-10/h3,5,8-9,14H,1,4,6-7H2,2H3/t12-/m1/s1. The van der Waals surface area contributed by atoms with Crippen molar-refractivity contribution in [2.75, 3.05) is 0 Å². The maximum Gasteiger partial charge on any atom is 0.166 e. The molecule has 1 aromatic heterocycles. The quantitative estimate of drug-likeness (QED) is 0.577. The second-order valence-corrected chi connectivity index (χ2v) is 3.92. The summed E-state index contributed by atoms with van der Waals surface area (Å²) in [6, 6.07) is 1.63. The zero-order valence-corrected chi connectivity index (χ0v) is 8.90. The van der Waals surface area contributed by atoms with Crippen LogP contribution in [0.4, 0.5) is 0 Å². The molecule has 3 nitrogen and oxygen atoms in total. The summed E-state index contributed by atoms with van der Waals surface area (Å²) in [7, 11) is 0. The molecule has 1 N–H and O–H groups in total. The fourth-order valence-electron chi connectivity index (χ4n) is 1.36. The van der Waals surface area contributed by atoms with Crippen LogP contribution >= 0.6 is 0 Å². The molecule has 0 spiro atoms. The van der Waals surface area contributed by atoms with Gasteiger partial charge in [-0.1, -0.05) is 6.08 Å². The molecule has 0 fully saturated rings. The van der Waals surface area contributed by atoms with Gasteiger partial charge in [-0.15, -0.1) is 6.58 Å². The van der Waals surface area contributed by atoms with E-state index in [-0.39, 0.29) is 5.78 Å². The third kappa shape index (κ3) is 3.72. The first-order valence-corrected chi connectivity index (χ1v) is 4.94. The van der Waals surface area contributed by atoms with Gasteiger partial charge in [0.15, 0.2) is 5.78 Å². The van der Waals surface area contributed by atoms with Crippen LogP contribution in [-0.4, -0.2) is 16.5 Å². The Hall–Kier alpha value is -1.35. The summed E-state index contributed by atoms with van der Waals surface area (Å²) in [4.78, 5) is 11.6. The first-order chi connectivity index (χ1) is 7.05. The Kier molecular flexibility index (Phi) is 3.86. The van der Waals surface area contributed by atoms with E-state index in [4.69, 9.17) is 4.42 Å². The third-order valence-corrected chi connectivity index (χ3v) is 2.32. The van der Waals surface area contributed by atoms with Crippen LogP contribution in [0.1, 0.15) is 36.5 Å². The smallest absolute Gasteiger partial charge is 0.166 e. The zero-order chi connectivity index (χ0) is 11.3. The van der Waals surface area contributed by atoms with Gasteiger partial charge in [-0.25, -0.2) is 0 Å². The Morgan fingerprint density at radius 2 is 2.47 bits per heavy atom. The first-order valence-electron chi connectivity index (χ1n) is 4.94. The van der Waals surface area contributed by atoms with Crippen molar-refractivity contribution in [3.05, 3.63) is 36.8 Å². The van der Waals surface area contributed by atoms with E-state index in [1.165, 1.54) is 12.5 Å². The SMILES string of the molecule is C=CC[C@@](C)(O)CCC(=O)c1ccoc1. The lowest BCUT2D eigenvalue weighted by Gasteiger charge is -2.20. The number of carbonyl (C=O) groups excluding carboxylic acids is 1. The highest BCUT2D eigenvalue weighted by molar-refractivity contribution is 5.95. The minimum absolute atomic E-state index is 0.00640. The number of hydrogen-bond donors (Lipinski definition) is 1. The summed E-state index contributed by atoms with van der Waals surface area (Å²) in [5, 5.41) is 9.81. The molecule has 0 aliphatic heterocycles. The molecule has 82 valence electrons. The molecule has 0 aliphatic carbocycles. The van der Waals surface area contributed by atoms with Gasteiger partial charge < -0.3 is 9.52 Å². The average Bonchev–Trinajstić information content (AvgIpc) is 2.67. The van der Waals surface area contributed by atoms with Gasteiger partial charge in [-0.05, 0) is 25.8 Å². The van der Waals surface area contributed by atoms with E-state index in [1.807, 2.05) is 0 Å². The van der Waals surface area contributed by atoms with Crippen LogP contribution in [0.25, 0.3) is 0 Å². The Morgan fingerprint density at radius 3 is 3.00 bits per heavy atom. The molecule has 1 atom stereocenters. The molecule has 0 aliphatic rings. The highest BCUT2D eigenvalue weighted by Crippen LogP contribution is 2.18. The van der Waals surface area contributed by atoms with Crippen molar-refractivity contribution >= 4 is 5.78 Å². The summed E-state index contributed by atoms with van der Waals surface area (Å²) in [6.07, 6.45) is 5.79. The van der Waals surface area contributed by atoms with Gasteiger partial charge in [0.2, 0.25) is 0 Å². The fourth-order valence-corrected chi connectivity index (χ4v) is 1.36. The topological polar surface area (TPSA) is 50.4 Å². The number of hydrogen-bond acceptors (Lipinski definition) is 3. The van der Waals surface area contributed by atoms with Gasteiger partial charge in [-0.3, -0.25) is 4.79 Å². The molecule has 0 aromatic carbocycles. The lowest BCUT2D eigenvalue weighted by molar-refractivity contribution is 0.0494. The summed E-state index contributed by atoms with van der Waals surface area (Å²) >= 11 is 0. The van der Waals surface area contributed by atoms with Gasteiger partial charge in [0.1, 0.15) is 6.26 Å². The number of furan rings is 1. The Labute approximate surface area is 89.4 Å². The van der Waals surface area contributed by atoms with E-state index in [9.17, 15) is 9.90 Å². The van der Waals surface area contributed by atoms with Crippen molar-refractivity contribution < 1.29 is 14.3 Å². The molecule has 1 aromatic rings. The monoisotopic (exact) mass is 208 g/mol. The van der Waals surface area contributed by atoms with Crippen molar-refractivity contribution in [3.8, 4) is 0 Å². The number of rotatable bonds is 6. The van der Waals surface area contributed by atoms with Gasteiger partial charge in [0, 0.05) is 6.42 Å². The van der Waals surface area contributed by atoms with E-state index in [2.05, 4.69) is 6.58 Å². The van der Waals surface area contributed by atoms with Gasteiger partial charge in [0.05, 0.1) is 17.4 Å². The van der Waals surface area contributed by atoms with Crippen molar-refractivity contribution in [3.63, 3.8) is 0 Å². The van der Waals surface area contributed by atoms with E-state index in [0.29, 0.717) is 24.8 Å². The van der Waals surface area contributed by atoms with E-state index in [1.54, 1.807) is 19.1 Å². The number of carbonyl (C=O) groups is 1. The van der Waals surface area contributed by atoms with Gasteiger partial charge in [0.25, 0.3) is 0 Å². The normalized spacial score (nSPS) is 14.5. The van der Waals surface area contributed by atoms with Crippen molar-refractivity contribution in [1.82, 2.24) is 0 Å². The van der Waals surface area contributed by atoms with Crippen molar-refractivity contribution in [2.24, 2.45) is 0 Å². The number of ketones is 1. The summed E-state index contributed by atoms with van der Waals surface area (Å²) < 4.78 is 4.82. The number of aliphatic hydroxyl groups is 1. The molecule has 0 saturated heterocycles. The van der Waals surface area contributed by atoms with Crippen LogP contribution < -0.4 is 0 Å². The Balaban J connectivity index is 2.44. The van der Waals surface area contributed by atoms with Crippen LogP contribution in [0.3, 0.4) is 0 Å². The molecule has 0 saturated carbocycles. The first kappa shape index (κ1) is 11.7. The van der Waals surface area contributed by atoms with E-state index < -0.39 is 5.60 Å². The van der Waals surface area contributed by atoms with Gasteiger partial charge >= 0.3 is 0 Å². The lowest BCUT2D eigenvalue weighted by Crippen LogP contribution is -2.24. The van der Waals surface area contributed by atoms with Crippen LogP contribution in [-0.2, 0) is 0 Å². The van der Waals surface area contributed by atoms with Crippen molar-refractivity contribution in [1.29, 1.82) is 0 Å². The largest absolute Gasteiger partial charge is 0.472 e. The minimum Gasteiger partial charge on any atom is -0.472 e. The maximum absolute atomic E-state index is 11.6. The van der Waals surface area contributed by atoms with Crippen LogP contribution in [0.5, 0.6) is 0 Å². The minimum atomic E-state index is -0.846. The fraction of sp³-hybridized carbons (Fsp3) is 0.417. The Morgan fingerprint density at radius 1 is 1.73 bits per heavy atom. The highest BCUT2D eigenvalue weighted by Gasteiger charge is 2.20. The lowest BCUT2D eigenvalue weighted by atomic mass is 9.94. The predicted octanol–water partition coefficient (Wildman–Crippen LogP) is 2.57. The summed E-state index contributed by atoms with van der Waals surface area (Å²) in [5.41, 5.74) is -0.286. The molecule has 15 heavy (non-hydrogen) atoms. The van der Waals surface area contributed by atoms with Crippen LogP contribution in [0.15, 0.2) is 35.7 Å². The summed E-state index contributed by atoms with van der Waals surface area (Å²) in [5.74, 6) is -0.00640. The summed E-state index contributed by atoms with van der Waals surface area (Å²) in [6.45, 7) is 5.27. The van der Waals surface area contributed by atoms with Crippen LogP contribution in [0.2, 0.25) is 0 Å². The van der Waals surface area contributed by atoms with Crippen LogP contribution in [0, 0.1) is 0 Å². The highest BCUT2D eigenvalue weighted by atomic mass is 16.3. The van der Waals surface area contributed by atoms with E-state index in [0.717, 1.165) is 0 Å². The zero-order valence-electron chi connectivity index (χ0n) is 8.90. The number of Topliss-reactive ketones (excluding diaryl/α,β-unsaturated/α-hetero) is 1. The Bertz CT molecular complexity index is 323. The molecule has 1 heterocycles. The molecule has 0 unspecified atom stereocenters. The molecule has 0 amide bonds. The molecule has 3 heteroatoms. The molecular weight excluding hydrogens is 192 g/mol. The molecule has 0 bridgehead atoms. The average molecular weight is 208 g/mol. The molecular formula is C12H16O3. The second-order valence-electron chi connectivity index (χ2n) is 3.92. The second kappa shape index (κ2) is 4.94. The van der Waals surface area contributed by atoms with E-state index >= 15 is 0 Å². The molecule has 0 radical (unpaired) electrons.